The van der Waals surface area contributed by atoms with Crippen LogP contribution in [-0.4, -0.2) is 5.90 Å². The van der Waals surface area contributed by atoms with Crippen LogP contribution >= 0.6 is 29.4 Å². The van der Waals surface area contributed by atoms with Crippen molar-refractivity contribution in [2.75, 3.05) is 5.90 Å². The van der Waals surface area contributed by atoms with Gasteiger partial charge in [0.2, 0.25) is 0 Å². The van der Waals surface area contributed by atoms with Crippen molar-refractivity contribution in [2.24, 2.45) is 0 Å². The van der Waals surface area contributed by atoms with Gasteiger partial charge in [-0.25, -0.2) is 0 Å². The number of halogens is 2. The van der Waals surface area contributed by atoms with Crippen LogP contribution in [-0.2, 0) is 0 Å². The monoisotopic (exact) mass is 542 g/mol. The summed E-state index contributed by atoms with van der Waals surface area (Å²) in [6.45, 7) is 0. The Kier molecular flexibility index (Phi) is 8.22. The molecule has 0 aliphatic rings. The molecule has 0 saturated heterocycles. The average Bonchev–Trinajstić information content (AvgIpc) is 2.80. The lowest BCUT2D eigenvalue weighted by Crippen LogP contribution is -3.00. The number of benzene rings is 4. The van der Waals surface area contributed by atoms with Crippen LogP contribution in [0.25, 0.3) is 0 Å². The SMILES string of the molecule is Br[P+](CP(c1ccccc1)c1ccccc1)(c1ccccc1)c1ccccc1.[Br-]. The molecule has 0 N–H and O–H groups in total. The van der Waals surface area contributed by atoms with Gasteiger partial charge < -0.3 is 17.0 Å². The van der Waals surface area contributed by atoms with Gasteiger partial charge in [0.05, 0.1) is 0 Å². The minimum absolute atomic E-state index is 0. The highest BCUT2D eigenvalue weighted by Gasteiger charge is 2.43. The van der Waals surface area contributed by atoms with Gasteiger partial charge in [0.1, 0.15) is 16.5 Å². The standard InChI is InChI=1S/C25H22BrP2.BrH/c26-28(24-17-9-3-10-18-24,25-19-11-4-12-20-25)21-27(22-13-5-1-6-14-22)23-15-7-2-8-16-23;/h1-20H,21H2;1H/q+1;/p-1. The van der Waals surface area contributed by atoms with E-state index in [1.54, 1.807) is 0 Å². The Balaban J connectivity index is 0.00000240. The summed E-state index contributed by atoms with van der Waals surface area (Å²) in [5.41, 5.74) is 0. The second kappa shape index (κ2) is 10.6. The first-order valence-electron chi connectivity index (χ1n) is 9.34. The molecule has 4 heteroatoms. The van der Waals surface area contributed by atoms with Gasteiger partial charge in [-0.3, -0.25) is 0 Å². The highest BCUT2D eigenvalue weighted by molar-refractivity contribution is 9.44. The molecular weight excluding hydrogens is 522 g/mol. The summed E-state index contributed by atoms with van der Waals surface area (Å²) in [5, 5.41) is 5.67. The largest absolute Gasteiger partial charge is 1.00 e. The lowest BCUT2D eigenvalue weighted by molar-refractivity contribution is -0.00000520. The van der Waals surface area contributed by atoms with Crippen molar-refractivity contribution in [3.8, 4) is 0 Å². The van der Waals surface area contributed by atoms with Crippen LogP contribution < -0.4 is 38.2 Å². The molecule has 0 spiro atoms. The van der Waals surface area contributed by atoms with E-state index in [4.69, 9.17) is 0 Å². The maximum atomic E-state index is 4.32. The molecule has 146 valence electrons. The molecular formula is C25H22Br2P2. The van der Waals surface area contributed by atoms with Crippen LogP contribution in [0, 0.1) is 0 Å². The molecule has 0 aliphatic heterocycles. The molecule has 0 radical (unpaired) electrons. The molecule has 0 bridgehead atoms. The van der Waals surface area contributed by atoms with Gasteiger partial charge in [-0.2, -0.15) is 0 Å². The maximum absolute atomic E-state index is 4.32. The molecule has 4 rings (SSSR count). The third-order valence-electron chi connectivity index (χ3n) is 4.80. The van der Waals surface area contributed by atoms with Crippen molar-refractivity contribution in [1.29, 1.82) is 0 Å². The molecule has 4 aromatic rings. The zero-order chi connectivity index (χ0) is 19.2. The van der Waals surface area contributed by atoms with E-state index < -0.39 is 13.9 Å². The summed E-state index contributed by atoms with van der Waals surface area (Å²) in [4.78, 5) is 0. The number of hydrogen-bond donors (Lipinski definition) is 0. The molecule has 0 heterocycles. The second-order valence-corrected chi connectivity index (χ2v) is 15.7. The molecule has 0 amide bonds. The zero-order valence-electron chi connectivity index (χ0n) is 15.9. The molecule has 29 heavy (non-hydrogen) atoms. The van der Waals surface area contributed by atoms with Crippen LogP contribution in [0.5, 0.6) is 0 Å². The van der Waals surface area contributed by atoms with Crippen molar-refractivity contribution in [3.63, 3.8) is 0 Å². The van der Waals surface area contributed by atoms with E-state index in [0.29, 0.717) is 0 Å². The van der Waals surface area contributed by atoms with Gasteiger partial charge in [-0.1, -0.05) is 97.1 Å². The summed E-state index contributed by atoms with van der Waals surface area (Å²) in [7, 11) is -0.484. The van der Waals surface area contributed by atoms with Crippen molar-refractivity contribution in [2.45, 2.75) is 0 Å². The van der Waals surface area contributed by atoms with Gasteiger partial charge in [-0.05, 0) is 42.8 Å². The van der Waals surface area contributed by atoms with E-state index in [2.05, 4.69) is 137 Å². The van der Waals surface area contributed by atoms with Crippen molar-refractivity contribution < 1.29 is 17.0 Å². The Bertz CT molecular complexity index is 915. The summed E-state index contributed by atoms with van der Waals surface area (Å²) in [5.74, 6) is -0.618. The summed E-state index contributed by atoms with van der Waals surface area (Å²) in [6, 6.07) is 43.9. The zero-order valence-corrected chi connectivity index (χ0v) is 20.9. The van der Waals surface area contributed by atoms with E-state index in [-0.39, 0.29) is 17.0 Å². The average molecular weight is 544 g/mol. The quantitative estimate of drug-likeness (QED) is 0.328. The molecule has 0 fully saturated rings. The molecule has 0 unspecified atom stereocenters. The van der Waals surface area contributed by atoms with E-state index in [0.717, 1.165) is 5.90 Å². The smallest absolute Gasteiger partial charge is 0.153 e. The number of rotatable bonds is 6. The first kappa shape index (κ1) is 22.4. The molecule has 0 aliphatic carbocycles. The van der Waals surface area contributed by atoms with Gasteiger partial charge in [0.25, 0.3) is 0 Å². The van der Waals surface area contributed by atoms with Gasteiger partial charge in [-0.15, -0.1) is 0 Å². The van der Waals surface area contributed by atoms with Crippen LogP contribution in [0.4, 0.5) is 0 Å². The van der Waals surface area contributed by atoms with E-state index >= 15 is 0 Å². The Hall–Kier alpha value is -1.30. The lowest BCUT2D eigenvalue weighted by atomic mass is 10.4. The Morgan fingerprint density at radius 3 is 1.17 bits per heavy atom. The normalized spacial score (nSPS) is 11.1. The second-order valence-electron chi connectivity index (χ2n) is 6.63. The molecule has 4 aromatic carbocycles. The van der Waals surface area contributed by atoms with Gasteiger partial charge in [0, 0.05) is 0 Å². The highest BCUT2D eigenvalue weighted by Crippen LogP contribution is 2.69. The van der Waals surface area contributed by atoms with Crippen molar-refractivity contribution in [1.82, 2.24) is 0 Å². The van der Waals surface area contributed by atoms with E-state index in [1.807, 2.05) is 0 Å². The minimum atomic E-state index is -1.72. The Morgan fingerprint density at radius 2 is 0.828 bits per heavy atom. The molecule has 0 aromatic heterocycles. The van der Waals surface area contributed by atoms with Crippen LogP contribution in [0.1, 0.15) is 0 Å². The third kappa shape index (κ3) is 5.25. The van der Waals surface area contributed by atoms with Crippen LogP contribution in [0.2, 0.25) is 0 Å². The van der Waals surface area contributed by atoms with E-state index in [1.165, 1.54) is 21.2 Å². The van der Waals surface area contributed by atoms with Gasteiger partial charge in [0.15, 0.2) is 21.5 Å². The first-order chi connectivity index (χ1) is 13.8. The predicted molar refractivity (Wildman–Crippen MR) is 132 cm³/mol. The number of hydrogen-bond acceptors (Lipinski definition) is 0. The minimum Gasteiger partial charge on any atom is -1.00 e. The summed E-state index contributed by atoms with van der Waals surface area (Å²) >= 11 is 4.32. The topological polar surface area (TPSA) is 0 Å². The molecule has 0 nitrogen and oxygen atoms in total. The Labute approximate surface area is 194 Å². The maximum Gasteiger partial charge on any atom is 0.153 e. The summed E-state index contributed by atoms with van der Waals surface area (Å²) in [6.07, 6.45) is 0. The van der Waals surface area contributed by atoms with Crippen LogP contribution in [0.3, 0.4) is 0 Å². The third-order valence-corrected chi connectivity index (χ3v) is 16.0. The fraction of sp³-hybridized carbons (Fsp3) is 0.0400. The highest BCUT2D eigenvalue weighted by atomic mass is 79.9. The fourth-order valence-corrected chi connectivity index (χ4v) is 13.9. The lowest BCUT2D eigenvalue weighted by Gasteiger charge is -2.26. The first-order valence-corrected chi connectivity index (χ1v) is 14.9. The molecule has 0 atom stereocenters. The van der Waals surface area contributed by atoms with Gasteiger partial charge >= 0.3 is 0 Å². The Morgan fingerprint density at radius 1 is 0.517 bits per heavy atom. The predicted octanol–water partition coefficient (Wildman–Crippen LogP) is 3.06. The fourth-order valence-electron chi connectivity index (χ4n) is 3.36. The van der Waals surface area contributed by atoms with Crippen molar-refractivity contribution >= 4 is 50.6 Å². The van der Waals surface area contributed by atoms with E-state index in [9.17, 15) is 0 Å². The summed E-state index contributed by atoms with van der Waals surface area (Å²) < 4.78 is 0. The molecule has 0 saturated carbocycles. The van der Waals surface area contributed by atoms with Crippen molar-refractivity contribution in [3.05, 3.63) is 121 Å². The van der Waals surface area contributed by atoms with Crippen LogP contribution in [0.15, 0.2) is 121 Å².